The number of nitrogens with one attached hydrogen (secondary N) is 2. The standard InChI is InChI=1S/C22H37N5O2.HI/c1-17-6-7-18(16-20(17)29-3)8-12-26-22(24-2)25-11-4-5-13-27-14-9-19(10-15-27)21(23)28;/h6-7,16,19H,4-5,8-15H2,1-3H3,(H2,23,28)(H2,24,25,26);1H. The molecule has 0 radical (unpaired) electrons. The van der Waals surface area contributed by atoms with E-state index in [1.807, 2.05) is 0 Å². The molecule has 0 bridgehead atoms. The van der Waals surface area contributed by atoms with Gasteiger partial charge in [-0.05, 0) is 75.9 Å². The molecule has 2 rings (SSSR count). The van der Waals surface area contributed by atoms with Crippen molar-refractivity contribution in [1.29, 1.82) is 0 Å². The summed E-state index contributed by atoms with van der Waals surface area (Å²) in [7, 11) is 3.51. The van der Waals surface area contributed by atoms with Gasteiger partial charge in [-0.1, -0.05) is 12.1 Å². The number of aryl methyl sites for hydroxylation is 1. The highest BCUT2D eigenvalue weighted by Crippen LogP contribution is 2.19. The Bertz CT molecular complexity index is 675. The smallest absolute Gasteiger partial charge is 0.220 e. The molecule has 1 fully saturated rings. The van der Waals surface area contributed by atoms with Crippen LogP contribution in [0.1, 0.15) is 36.8 Å². The highest BCUT2D eigenvalue weighted by Gasteiger charge is 2.22. The predicted molar refractivity (Wildman–Crippen MR) is 134 cm³/mol. The van der Waals surface area contributed by atoms with E-state index in [1.54, 1.807) is 14.2 Å². The topological polar surface area (TPSA) is 92.0 Å². The van der Waals surface area contributed by atoms with Gasteiger partial charge in [0.05, 0.1) is 7.11 Å². The van der Waals surface area contributed by atoms with Gasteiger partial charge in [-0.3, -0.25) is 9.79 Å². The Balaban J connectivity index is 0.00000450. The van der Waals surface area contributed by atoms with Crippen LogP contribution in [0.4, 0.5) is 0 Å². The molecule has 1 heterocycles. The lowest BCUT2D eigenvalue weighted by molar-refractivity contribution is -0.123. The SMILES string of the molecule is CN=C(NCCCCN1CCC(C(N)=O)CC1)NCCc1ccc(C)c(OC)c1.I. The van der Waals surface area contributed by atoms with Crippen molar-refractivity contribution in [2.75, 3.05) is 46.9 Å². The summed E-state index contributed by atoms with van der Waals surface area (Å²) < 4.78 is 5.39. The van der Waals surface area contributed by atoms with E-state index in [0.717, 1.165) is 82.1 Å². The van der Waals surface area contributed by atoms with Crippen LogP contribution in [-0.2, 0) is 11.2 Å². The third kappa shape index (κ3) is 9.07. The number of likely N-dealkylation sites (tertiary alicyclic amines) is 1. The third-order valence-corrected chi connectivity index (χ3v) is 5.59. The Kier molecular flexibility index (Phi) is 12.8. The van der Waals surface area contributed by atoms with E-state index < -0.39 is 0 Å². The summed E-state index contributed by atoms with van der Waals surface area (Å²) in [5, 5.41) is 6.75. The molecule has 1 aliphatic rings. The van der Waals surface area contributed by atoms with E-state index in [1.165, 1.54) is 5.56 Å². The van der Waals surface area contributed by atoms with Gasteiger partial charge in [0.25, 0.3) is 0 Å². The predicted octanol–water partition coefficient (Wildman–Crippen LogP) is 2.31. The fourth-order valence-corrected chi connectivity index (χ4v) is 3.67. The summed E-state index contributed by atoms with van der Waals surface area (Å²) in [6.45, 7) is 6.81. The maximum absolute atomic E-state index is 11.2. The van der Waals surface area contributed by atoms with Crippen LogP contribution in [0.5, 0.6) is 5.75 Å². The van der Waals surface area contributed by atoms with Gasteiger partial charge in [-0.2, -0.15) is 0 Å². The lowest BCUT2D eigenvalue weighted by Crippen LogP contribution is -2.40. The molecule has 8 heteroatoms. The highest BCUT2D eigenvalue weighted by molar-refractivity contribution is 14.0. The first-order valence-electron chi connectivity index (χ1n) is 10.6. The van der Waals surface area contributed by atoms with E-state index in [9.17, 15) is 4.79 Å². The van der Waals surface area contributed by atoms with Gasteiger partial charge < -0.3 is 26.0 Å². The van der Waals surface area contributed by atoms with Crippen LogP contribution in [0.15, 0.2) is 23.2 Å². The van der Waals surface area contributed by atoms with Crippen LogP contribution >= 0.6 is 24.0 Å². The number of halogens is 1. The van der Waals surface area contributed by atoms with Crippen molar-refractivity contribution in [1.82, 2.24) is 15.5 Å². The largest absolute Gasteiger partial charge is 0.496 e. The molecule has 0 aromatic heterocycles. The second-order valence-corrected chi connectivity index (χ2v) is 7.71. The molecule has 7 nitrogen and oxygen atoms in total. The normalized spacial score (nSPS) is 15.4. The van der Waals surface area contributed by atoms with Crippen LogP contribution in [0.25, 0.3) is 0 Å². The monoisotopic (exact) mass is 531 g/mol. The summed E-state index contributed by atoms with van der Waals surface area (Å²) in [6.07, 6.45) is 4.94. The maximum atomic E-state index is 11.2. The molecular weight excluding hydrogens is 493 g/mol. The van der Waals surface area contributed by atoms with Crippen LogP contribution in [-0.4, -0.2) is 63.6 Å². The number of carbonyl (C=O) groups is 1. The van der Waals surface area contributed by atoms with E-state index in [-0.39, 0.29) is 35.8 Å². The number of hydrogen-bond acceptors (Lipinski definition) is 4. The molecular formula is C22H38IN5O2. The molecule has 0 unspecified atom stereocenters. The van der Waals surface area contributed by atoms with E-state index in [0.29, 0.717) is 0 Å². The van der Waals surface area contributed by atoms with Crippen molar-refractivity contribution in [2.24, 2.45) is 16.6 Å². The Morgan fingerprint density at radius 3 is 2.57 bits per heavy atom. The lowest BCUT2D eigenvalue weighted by Gasteiger charge is -2.30. The van der Waals surface area contributed by atoms with Crippen molar-refractivity contribution < 1.29 is 9.53 Å². The van der Waals surface area contributed by atoms with Crippen LogP contribution in [0, 0.1) is 12.8 Å². The number of guanidine groups is 1. The number of unbranched alkanes of at least 4 members (excludes halogenated alkanes) is 1. The highest BCUT2D eigenvalue weighted by atomic mass is 127. The lowest BCUT2D eigenvalue weighted by atomic mass is 9.96. The number of amides is 1. The van der Waals surface area contributed by atoms with E-state index in [4.69, 9.17) is 10.5 Å². The first-order valence-corrected chi connectivity index (χ1v) is 10.6. The van der Waals surface area contributed by atoms with Crippen LogP contribution < -0.4 is 21.1 Å². The zero-order valence-corrected chi connectivity index (χ0v) is 20.9. The first-order chi connectivity index (χ1) is 14.0. The van der Waals surface area contributed by atoms with E-state index >= 15 is 0 Å². The van der Waals surface area contributed by atoms with Crippen molar-refractivity contribution in [3.05, 3.63) is 29.3 Å². The molecule has 1 amide bonds. The van der Waals surface area contributed by atoms with Crippen LogP contribution in [0.3, 0.4) is 0 Å². The summed E-state index contributed by atoms with van der Waals surface area (Å²) in [6, 6.07) is 6.33. The van der Waals surface area contributed by atoms with E-state index in [2.05, 4.69) is 45.6 Å². The summed E-state index contributed by atoms with van der Waals surface area (Å²) in [5.41, 5.74) is 7.79. The minimum absolute atomic E-state index is 0. The van der Waals surface area contributed by atoms with Gasteiger partial charge in [0.15, 0.2) is 5.96 Å². The van der Waals surface area contributed by atoms with Gasteiger partial charge in [0.2, 0.25) is 5.91 Å². The number of ether oxygens (including phenoxy) is 1. The summed E-state index contributed by atoms with van der Waals surface area (Å²) in [4.78, 5) is 18.0. The molecule has 170 valence electrons. The van der Waals surface area contributed by atoms with Gasteiger partial charge >= 0.3 is 0 Å². The quantitative estimate of drug-likeness (QED) is 0.187. The number of rotatable bonds is 10. The van der Waals surface area contributed by atoms with Gasteiger partial charge in [-0.15, -0.1) is 24.0 Å². The van der Waals surface area contributed by atoms with Crippen LogP contribution in [0.2, 0.25) is 0 Å². The Labute approximate surface area is 198 Å². The molecule has 0 saturated carbocycles. The zero-order valence-electron chi connectivity index (χ0n) is 18.6. The second kappa shape index (κ2) is 14.5. The molecule has 0 spiro atoms. The van der Waals surface area contributed by atoms with Crippen molar-refractivity contribution in [2.45, 2.75) is 39.0 Å². The summed E-state index contributed by atoms with van der Waals surface area (Å²) >= 11 is 0. The van der Waals surface area contributed by atoms with Crippen molar-refractivity contribution in [3.8, 4) is 5.75 Å². The second-order valence-electron chi connectivity index (χ2n) is 7.71. The van der Waals surface area contributed by atoms with Crippen molar-refractivity contribution >= 4 is 35.8 Å². The number of methoxy groups -OCH3 is 1. The number of nitrogens with zero attached hydrogens (tertiary/aromatic N) is 2. The Morgan fingerprint density at radius 1 is 1.23 bits per heavy atom. The summed E-state index contributed by atoms with van der Waals surface area (Å²) in [5.74, 6) is 1.70. The third-order valence-electron chi connectivity index (χ3n) is 5.59. The Hall–Kier alpha value is -1.55. The number of aliphatic imine (C=N–C) groups is 1. The average molecular weight is 531 g/mol. The molecule has 4 N–H and O–H groups in total. The number of piperidine rings is 1. The maximum Gasteiger partial charge on any atom is 0.220 e. The molecule has 1 saturated heterocycles. The minimum Gasteiger partial charge on any atom is -0.496 e. The molecule has 1 aliphatic heterocycles. The van der Waals surface area contributed by atoms with Crippen molar-refractivity contribution in [3.63, 3.8) is 0 Å². The molecule has 30 heavy (non-hydrogen) atoms. The molecule has 1 aromatic carbocycles. The number of benzene rings is 1. The van der Waals surface area contributed by atoms with Gasteiger partial charge in [0, 0.05) is 26.1 Å². The number of nitrogens with two attached hydrogens (primary N) is 1. The number of hydrogen-bond donors (Lipinski definition) is 3. The fraction of sp³-hybridized carbons (Fsp3) is 0.636. The molecule has 0 atom stereocenters. The van der Waals surface area contributed by atoms with Gasteiger partial charge in [-0.25, -0.2) is 0 Å². The fourth-order valence-electron chi connectivity index (χ4n) is 3.67. The zero-order chi connectivity index (χ0) is 21.1. The number of carbonyl (C=O) groups excluding carboxylic acids is 1. The van der Waals surface area contributed by atoms with Gasteiger partial charge in [0.1, 0.15) is 5.75 Å². The average Bonchev–Trinajstić information content (AvgIpc) is 2.73. The minimum atomic E-state index is -0.144. The number of primary amides is 1. The Morgan fingerprint density at radius 2 is 1.93 bits per heavy atom. The first kappa shape index (κ1) is 26.5. The molecule has 0 aliphatic carbocycles. The molecule has 1 aromatic rings.